The van der Waals surface area contributed by atoms with Crippen molar-refractivity contribution in [3.8, 4) is 5.75 Å². The second-order valence-electron chi connectivity index (χ2n) is 9.18. The van der Waals surface area contributed by atoms with E-state index in [1.54, 1.807) is 12.1 Å². The van der Waals surface area contributed by atoms with Crippen molar-refractivity contribution in [3.05, 3.63) is 29.8 Å². The number of hydrogen-bond donors (Lipinski definition) is 1. The molecule has 1 aliphatic heterocycles. The Balaban J connectivity index is 2.16. The molecule has 1 saturated heterocycles. The summed E-state index contributed by atoms with van der Waals surface area (Å²) in [6.45, 7) is 9.52. The minimum Gasteiger partial charge on any atom is -0.508 e. The number of aromatic hydroxyl groups is 1. The zero-order valence-corrected chi connectivity index (χ0v) is 19.1. The summed E-state index contributed by atoms with van der Waals surface area (Å²) in [5, 5.41) is 9.53. The van der Waals surface area contributed by atoms with E-state index in [1.165, 1.54) is 0 Å². The minimum absolute atomic E-state index is 0.0233. The summed E-state index contributed by atoms with van der Waals surface area (Å²) >= 11 is 0. The van der Waals surface area contributed by atoms with E-state index in [-0.39, 0.29) is 30.7 Å². The summed E-state index contributed by atoms with van der Waals surface area (Å²) in [5.74, 6) is -2.28. The number of carbonyl (C=O) groups is 3. The van der Waals surface area contributed by atoms with Crippen LogP contribution in [0.5, 0.6) is 5.75 Å². The highest BCUT2D eigenvalue weighted by Gasteiger charge is 2.36. The van der Waals surface area contributed by atoms with Gasteiger partial charge in [-0.1, -0.05) is 26.0 Å². The lowest BCUT2D eigenvalue weighted by Gasteiger charge is -2.27. The van der Waals surface area contributed by atoms with Crippen molar-refractivity contribution in [1.82, 2.24) is 0 Å². The topological polar surface area (TPSA) is 99.1 Å². The number of phenolic OH excluding ortho intramolecular Hbond substituents is 1. The molecule has 2 rings (SSSR count). The van der Waals surface area contributed by atoms with Crippen molar-refractivity contribution in [2.24, 2.45) is 11.8 Å². The third kappa shape index (κ3) is 7.56. The Bertz CT molecular complexity index is 763. The average Bonchev–Trinajstić information content (AvgIpc) is 3.08. The SMILES string of the molecule is CCC(CC(CC(C)c1ccc(O)cc1)C(=O)OC1CCOC1=O)C(=O)OC(C)(C)C. The molecule has 1 heterocycles. The first-order valence-electron chi connectivity index (χ1n) is 10.9. The van der Waals surface area contributed by atoms with Crippen LogP contribution in [0.4, 0.5) is 0 Å². The maximum absolute atomic E-state index is 13.0. The minimum atomic E-state index is -0.888. The molecule has 172 valence electrons. The van der Waals surface area contributed by atoms with E-state index < -0.39 is 35.5 Å². The van der Waals surface area contributed by atoms with Crippen LogP contribution in [-0.4, -0.2) is 41.3 Å². The summed E-state index contributed by atoms with van der Waals surface area (Å²) in [6, 6.07) is 6.82. The van der Waals surface area contributed by atoms with Crippen LogP contribution in [0.3, 0.4) is 0 Å². The first-order chi connectivity index (χ1) is 14.5. The van der Waals surface area contributed by atoms with Crippen molar-refractivity contribution in [3.63, 3.8) is 0 Å². The molecule has 0 amide bonds. The molecule has 1 aromatic rings. The lowest BCUT2D eigenvalue weighted by molar-refractivity contribution is -0.166. The fraction of sp³-hybridized carbons (Fsp3) is 0.625. The molecule has 31 heavy (non-hydrogen) atoms. The van der Waals surface area contributed by atoms with Crippen molar-refractivity contribution in [1.29, 1.82) is 0 Å². The fourth-order valence-corrected chi connectivity index (χ4v) is 3.63. The molecule has 1 aliphatic rings. The van der Waals surface area contributed by atoms with E-state index >= 15 is 0 Å². The Morgan fingerprint density at radius 1 is 1.13 bits per heavy atom. The van der Waals surface area contributed by atoms with Crippen LogP contribution in [0.1, 0.15) is 71.8 Å². The number of hydrogen-bond acceptors (Lipinski definition) is 7. The van der Waals surface area contributed by atoms with Crippen LogP contribution < -0.4 is 0 Å². The van der Waals surface area contributed by atoms with E-state index in [1.807, 2.05) is 46.8 Å². The summed E-state index contributed by atoms with van der Waals surface area (Å²) in [4.78, 5) is 37.4. The van der Waals surface area contributed by atoms with Gasteiger partial charge in [0.1, 0.15) is 11.4 Å². The van der Waals surface area contributed by atoms with Gasteiger partial charge >= 0.3 is 17.9 Å². The molecule has 1 aromatic carbocycles. The zero-order chi connectivity index (χ0) is 23.2. The van der Waals surface area contributed by atoms with Gasteiger partial charge in [-0.05, 0) is 63.6 Å². The van der Waals surface area contributed by atoms with E-state index in [9.17, 15) is 19.5 Å². The zero-order valence-electron chi connectivity index (χ0n) is 19.1. The van der Waals surface area contributed by atoms with E-state index in [0.29, 0.717) is 19.3 Å². The van der Waals surface area contributed by atoms with Crippen molar-refractivity contribution >= 4 is 17.9 Å². The monoisotopic (exact) mass is 434 g/mol. The van der Waals surface area contributed by atoms with Crippen LogP contribution in [0.15, 0.2) is 24.3 Å². The fourth-order valence-electron chi connectivity index (χ4n) is 3.63. The highest BCUT2D eigenvalue weighted by molar-refractivity contribution is 5.82. The van der Waals surface area contributed by atoms with Gasteiger partial charge in [-0.15, -0.1) is 0 Å². The molecule has 0 spiro atoms. The molecular weight excluding hydrogens is 400 g/mol. The Morgan fingerprint density at radius 2 is 1.77 bits per heavy atom. The number of rotatable bonds is 9. The molecular formula is C24H34O7. The number of benzene rings is 1. The Morgan fingerprint density at radius 3 is 2.29 bits per heavy atom. The molecule has 1 N–H and O–H groups in total. The number of phenols is 1. The van der Waals surface area contributed by atoms with Gasteiger partial charge in [0.15, 0.2) is 0 Å². The Labute approximate surface area is 184 Å². The van der Waals surface area contributed by atoms with Gasteiger partial charge in [0.25, 0.3) is 0 Å². The number of cyclic esters (lactones) is 1. The van der Waals surface area contributed by atoms with Crippen LogP contribution in [0.25, 0.3) is 0 Å². The second kappa shape index (κ2) is 10.6. The normalized spacial score (nSPS) is 19.3. The highest BCUT2D eigenvalue weighted by atomic mass is 16.6. The molecule has 0 radical (unpaired) electrons. The van der Waals surface area contributed by atoms with Crippen molar-refractivity contribution < 1.29 is 33.7 Å². The van der Waals surface area contributed by atoms with Crippen LogP contribution >= 0.6 is 0 Å². The van der Waals surface area contributed by atoms with Crippen LogP contribution in [0, 0.1) is 11.8 Å². The Kier molecular flexibility index (Phi) is 8.48. The Hall–Kier alpha value is -2.57. The molecule has 4 atom stereocenters. The lowest BCUT2D eigenvalue weighted by Crippen LogP contribution is -2.33. The van der Waals surface area contributed by atoms with Gasteiger partial charge in [-0.25, -0.2) is 4.79 Å². The quantitative estimate of drug-likeness (QED) is 0.461. The van der Waals surface area contributed by atoms with E-state index in [2.05, 4.69) is 0 Å². The third-order valence-electron chi connectivity index (χ3n) is 5.38. The van der Waals surface area contributed by atoms with Gasteiger partial charge in [0.05, 0.1) is 18.4 Å². The predicted octanol–water partition coefficient (Wildman–Crippen LogP) is 4.12. The maximum atomic E-state index is 13.0. The van der Waals surface area contributed by atoms with E-state index in [4.69, 9.17) is 14.2 Å². The largest absolute Gasteiger partial charge is 0.508 e. The average molecular weight is 435 g/mol. The van der Waals surface area contributed by atoms with Crippen molar-refractivity contribution in [2.75, 3.05) is 6.61 Å². The van der Waals surface area contributed by atoms with E-state index in [0.717, 1.165) is 5.56 Å². The second-order valence-corrected chi connectivity index (χ2v) is 9.18. The van der Waals surface area contributed by atoms with Gasteiger partial charge in [-0.3, -0.25) is 9.59 Å². The predicted molar refractivity (Wildman–Crippen MR) is 114 cm³/mol. The first-order valence-corrected chi connectivity index (χ1v) is 10.9. The van der Waals surface area contributed by atoms with Crippen molar-refractivity contribution in [2.45, 2.75) is 77.9 Å². The standard InChI is InChI=1S/C24H34O7/c1-6-16(22(27)31-24(3,4)5)14-18(21(26)30-20-11-12-29-23(20)28)13-15(2)17-7-9-19(25)10-8-17/h7-10,15-16,18,20,25H,6,11-14H2,1-5H3. The van der Waals surface area contributed by atoms with Crippen LogP contribution in [0.2, 0.25) is 0 Å². The summed E-state index contributed by atoms with van der Waals surface area (Å²) in [5.41, 5.74) is 0.342. The van der Waals surface area contributed by atoms with Gasteiger partial charge in [0.2, 0.25) is 6.10 Å². The van der Waals surface area contributed by atoms with Crippen LogP contribution in [-0.2, 0) is 28.6 Å². The molecule has 0 bridgehead atoms. The van der Waals surface area contributed by atoms with Gasteiger partial charge < -0.3 is 19.3 Å². The molecule has 0 aromatic heterocycles. The molecule has 7 nitrogen and oxygen atoms in total. The summed E-state index contributed by atoms with van der Waals surface area (Å²) in [7, 11) is 0. The summed E-state index contributed by atoms with van der Waals surface area (Å²) in [6.07, 6.45) is 0.686. The maximum Gasteiger partial charge on any atom is 0.347 e. The summed E-state index contributed by atoms with van der Waals surface area (Å²) < 4.78 is 15.9. The number of esters is 3. The lowest BCUT2D eigenvalue weighted by atomic mass is 9.84. The molecule has 7 heteroatoms. The molecule has 1 fully saturated rings. The first kappa shape index (κ1) is 24.7. The molecule has 0 saturated carbocycles. The highest BCUT2D eigenvalue weighted by Crippen LogP contribution is 2.31. The number of carbonyl (C=O) groups excluding carboxylic acids is 3. The van der Waals surface area contributed by atoms with Gasteiger partial charge in [-0.2, -0.15) is 0 Å². The smallest absolute Gasteiger partial charge is 0.347 e. The molecule has 4 unspecified atom stereocenters. The van der Waals surface area contributed by atoms with Gasteiger partial charge in [0, 0.05) is 6.42 Å². The third-order valence-corrected chi connectivity index (χ3v) is 5.38. The molecule has 0 aliphatic carbocycles. The number of ether oxygens (including phenoxy) is 3.